The van der Waals surface area contributed by atoms with Crippen molar-refractivity contribution in [1.29, 1.82) is 0 Å². The second kappa shape index (κ2) is 6.50. The van der Waals surface area contributed by atoms with Gasteiger partial charge in [0.1, 0.15) is 5.01 Å². The minimum Gasteiger partial charge on any atom is -0.480 e. The second-order valence-corrected chi connectivity index (χ2v) is 7.84. The van der Waals surface area contributed by atoms with Crippen LogP contribution in [0.3, 0.4) is 0 Å². The van der Waals surface area contributed by atoms with E-state index < -0.39 is 5.97 Å². The lowest BCUT2D eigenvalue weighted by molar-refractivity contribution is -0.139. The Kier molecular flexibility index (Phi) is 4.63. The fourth-order valence-electron chi connectivity index (χ4n) is 2.85. The highest BCUT2D eigenvalue weighted by molar-refractivity contribution is 7.15. The Labute approximate surface area is 134 Å². The van der Waals surface area contributed by atoms with Crippen LogP contribution >= 0.6 is 11.3 Å². The molecule has 0 aromatic carbocycles. The first-order chi connectivity index (χ1) is 10.5. The van der Waals surface area contributed by atoms with Crippen LogP contribution in [0.4, 0.5) is 5.13 Å². The van der Waals surface area contributed by atoms with Gasteiger partial charge < -0.3 is 10.4 Å². The predicted molar refractivity (Wildman–Crippen MR) is 86.4 cm³/mol. The van der Waals surface area contributed by atoms with Gasteiger partial charge >= 0.3 is 5.97 Å². The van der Waals surface area contributed by atoms with E-state index in [1.165, 1.54) is 12.8 Å². The third kappa shape index (κ3) is 3.95. The van der Waals surface area contributed by atoms with Crippen LogP contribution in [0.2, 0.25) is 0 Å². The lowest BCUT2D eigenvalue weighted by Crippen LogP contribution is -2.52. The standard InChI is InChI=1S/C15H24N4O2S/c1-9(2)14-17-18-15(22-14)16-11-5-12(6-11)19(8-13(20)21)7-10-3-4-10/h9-12H,3-8H2,1-2H3,(H,16,18)(H,20,21). The fourth-order valence-corrected chi connectivity index (χ4v) is 3.68. The van der Waals surface area contributed by atoms with Crippen LogP contribution in [-0.4, -0.2) is 51.3 Å². The number of hydrogen-bond donors (Lipinski definition) is 2. The Balaban J connectivity index is 1.47. The fraction of sp³-hybridized carbons (Fsp3) is 0.800. The van der Waals surface area contributed by atoms with E-state index in [0.29, 0.717) is 18.0 Å². The van der Waals surface area contributed by atoms with Crippen molar-refractivity contribution in [3.05, 3.63) is 5.01 Å². The largest absolute Gasteiger partial charge is 0.480 e. The van der Waals surface area contributed by atoms with Gasteiger partial charge in [-0.3, -0.25) is 9.69 Å². The van der Waals surface area contributed by atoms with E-state index >= 15 is 0 Å². The van der Waals surface area contributed by atoms with Gasteiger partial charge in [-0.1, -0.05) is 25.2 Å². The molecule has 2 aliphatic carbocycles. The normalized spacial score (nSPS) is 24.5. The molecule has 0 unspecified atom stereocenters. The molecule has 0 spiro atoms. The first-order valence-electron chi connectivity index (χ1n) is 8.07. The van der Waals surface area contributed by atoms with Crippen LogP contribution in [0.15, 0.2) is 0 Å². The summed E-state index contributed by atoms with van der Waals surface area (Å²) in [4.78, 5) is 13.2. The minimum atomic E-state index is -0.720. The topological polar surface area (TPSA) is 78.4 Å². The van der Waals surface area contributed by atoms with E-state index in [1.54, 1.807) is 11.3 Å². The number of nitrogens with zero attached hydrogens (tertiary/aromatic N) is 3. The molecule has 3 rings (SSSR count). The molecule has 2 fully saturated rings. The van der Waals surface area contributed by atoms with Crippen molar-refractivity contribution in [2.75, 3.05) is 18.4 Å². The highest BCUT2D eigenvalue weighted by Gasteiger charge is 2.37. The Morgan fingerprint density at radius 1 is 1.41 bits per heavy atom. The molecule has 0 aliphatic heterocycles. The van der Waals surface area contributed by atoms with Gasteiger partial charge in [0, 0.05) is 24.5 Å². The molecule has 2 aliphatic rings. The first kappa shape index (κ1) is 15.7. The molecule has 0 radical (unpaired) electrons. The van der Waals surface area contributed by atoms with Gasteiger partial charge in [-0.25, -0.2) is 0 Å². The van der Waals surface area contributed by atoms with Gasteiger partial charge in [-0.15, -0.1) is 10.2 Å². The number of rotatable bonds is 8. The van der Waals surface area contributed by atoms with Crippen molar-refractivity contribution in [3.63, 3.8) is 0 Å². The van der Waals surface area contributed by atoms with Gasteiger partial charge in [0.05, 0.1) is 6.54 Å². The molecule has 2 N–H and O–H groups in total. The number of hydrogen-bond acceptors (Lipinski definition) is 6. The van der Waals surface area contributed by atoms with Crippen LogP contribution in [0.5, 0.6) is 0 Å². The van der Waals surface area contributed by atoms with Crippen LogP contribution in [0, 0.1) is 5.92 Å². The highest BCUT2D eigenvalue weighted by atomic mass is 32.1. The van der Waals surface area contributed by atoms with Crippen LogP contribution in [0.1, 0.15) is 50.5 Å². The summed E-state index contributed by atoms with van der Waals surface area (Å²) in [6, 6.07) is 0.792. The SMILES string of the molecule is CC(C)c1nnc(NC2CC(N(CC(=O)O)CC3CC3)C2)s1. The minimum absolute atomic E-state index is 0.171. The summed E-state index contributed by atoms with van der Waals surface area (Å²) in [6.07, 6.45) is 4.51. The lowest BCUT2D eigenvalue weighted by atomic mass is 9.85. The molecular weight excluding hydrogens is 300 g/mol. The smallest absolute Gasteiger partial charge is 0.317 e. The molecule has 122 valence electrons. The molecule has 6 nitrogen and oxygen atoms in total. The van der Waals surface area contributed by atoms with Crippen LogP contribution < -0.4 is 5.32 Å². The van der Waals surface area contributed by atoms with Crippen molar-refractivity contribution in [2.45, 2.75) is 57.5 Å². The number of anilines is 1. The number of aromatic nitrogens is 2. The number of carboxylic acid groups (broad SMARTS) is 1. The van der Waals surface area contributed by atoms with Crippen LogP contribution in [-0.2, 0) is 4.79 Å². The van der Waals surface area contributed by atoms with Crippen LogP contribution in [0.25, 0.3) is 0 Å². The van der Waals surface area contributed by atoms with E-state index in [9.17, 15) is 4.79 Å². The summed E-state index contributed by atoms with van der Waals surface area (Å²) < 4.78 is 0. The molecule has 7 heteroatoms. The number of carbonyl (C=O) groups is 1. The Hall–Kier alpha value is -1.21. The van der Waals surface area contributed by atoms with Gasteiger partial charge in [0.25, 0.3) is 0 Å². The first-order valence-corrected chi connectivity index (χ1v) is 8.88. The zero-order valence-electron chi connectivity index (χ0n) is 13.2. The van der Waals surface area contributed by atoms with Crippen molar-refractivity contribution >= 4 is 22.4 Å². The summed E-state index contributed by atoms with van der Waals surface area (Å²) in [5.74, 6) is 0.415. The molecule has 1 aromatic heterocycles. The van der Waals surface area contributed by atoms with Gasteiger partial charge in [-0.05, 0) is 31.6 Å². The van der Waals surface area contributed by atoms with Crippen molar-refractivity contribution < 1.29 is 9.90 Å². The molecule has 0 saturated heterocycles. The third-order valence-corrected chi connectivity index (χ3v) is 5.57. The molecular formula is C15H24N4O2S. The van der Waals surface area contributed by atoms with E-state index in [-0.39, 0.29) is 6.54 Å². The Morgan fingerprint density at radius 3 is 2.68 bits per heavy atom. The molecule has 0 atom stereocenters. The Morgan fingerprint density at radius 2 is 2.14 bits per heavy atom. The third-order valence-electron chi connectivity index (χ3n) is 4.42. The maximum Gasteiger partial charge on any atom is 0.317 e. The molecule has 0 bridgehead atoms. The summed E-state index contributed by atoms with van der Waals surface area (Å²) in [7, 11) is 0. The average molecular weight is 324 g/mol. The molecule has 22 heavy (non-hydrogen) atoms. The second-order valence-electron chi connectivity index (χ2n) is 6.83. The summed E-state index contributed by atoms with van der Waals surface area (Å²) in [5, 5.41) is 22.8. The van der Waals surface area contributed by atoms with E-state index in [4.69, 9.17) is 5.11 Å². The predicted octanol–water partition coefficient (Wildman–Crippen LogP) is 2.40. The average Bonchev–Trinajstić information content (AvgIpc) is 3.07. The molecule has 1 aromatic rings. The van der Waals surface area contributed by atoms with Crippen molar-refractivity contribution in [2.24, 2.45) is 5.92 Å². The monoisotopic (exact) mass is 324 g/mol. The van der Waals surface area contributed by atoms with E-state index in [1.807, 2.05) is 0 Å². The van der Waals surface area contributed by atoms with Gasteiger partial charge in [0.2, 0.25) is 5.13 Å². The zero-order chi connectivity index (χ0) is 15.7. The van der Waals surface area contributed by atoms with Crippen molar-refractivity contribution in [1.82, 2.24) is 15.1 Å². The zero-order valence-corrected chi connectivity index (χ0v) is 14.0. The summed E-state index contributed by atoms with van der Waals surface area (Å²) >= 11 is 1.62. The number of nitrogens with one attached hydrogen (secondary N) is 1. The summed E-state index contributed by atoms with van der Waals surface area (Å²) in [6.45, 7) is 5.35. The molecule has 0 amide bonds. The highest BCUT2D eigenvalue weighted by Crippen LogP contribution is 2.35. The van der Waals surface area contributed by atoms with E-state index in [0.717, 1.165) is 35.4 Å². The lowest BCUT2D eigenvalue weighted by Gasteiger charge is -2.42. The number of carboxylic acids is 1. The van der Waals surface area contributed by atoms with Gasteiger partial charge in [-0.2, -0.15) is 0 Å². The maximum absolute atomic E-state index is 11.0. The summed E-state index contributed by atoms with van der Waals surface area (Å²) in [5.41, 5.74) is 0. The Bertz CT molecular complexity index is 523. The maximum atomic E-state index is 11.0. The van der Waals surface area contributed by atoms with Gasteiger partial charge in [0.15, 0.2) is 0 Å². The molecule has 2 saturated carbocycles. The van der Waals surface area contributed by atoms with Crippen molar-refractivity contribution in [3.8, 4) is 0 Å². The number of aliphatic carboxylic acids is 1. The quantitative estimate of drug-likeness (QED) is 0.764. The molecule has 1 heterocycles. The van der Waals surface area contributed by atoms with E-state index in [2.05, 4.69) is 34.3 Å².